The van der Waals surface area contributed by atoms with Crippen LogP contribution in [0.2, 0.25) is 0 Å². The van der Waals surface area contributed by atoms with Crippen molar-refractivity contribution >= 4 is 47.7 Å². The number of aryl methyl sites for hydroxylation is 1. The number of ether oxygens (including phenoxy) is 1. The van der Waals surface area contributed by atoms with Gasteiger partial charge in [0.1, 0.15) is 12.4 Å². The second kappa shape index (κ2) is 12.4. The fourth-order valence-electron chi connectivity index (χ4n) is 2.91. The number of likely N-dealkylation sites (tertiary alicyclic amines) is 1. The van der Waals surface area contributed by atoms with E-state index in [2.05, 4.69) is 26.7 Å². The van der Waals surface area contributed by atoms with Gasteiger partial charge in [-0.1, -0.05) is 0 Å². The first-order valence-corrected chi connectivity index (χ1v) is 10.4. The Hall–Kier alpha value is -1.04. The molecule has 0 radical (unpaired) electrons. The molecule has 154 valence electrons. The summed E-state index contributed by atoms with van der Waals surface area (Å²) in [6.07, 6.45) is 4.79. The molecule has 1 N–H and O–H groups in total. The molecule has 0 unspecified atom stereocenters. The first kappa shape index (κ1) is 24.0. The van der Waals surface area contributed by atoms with Crippen LogP contribution in [0.4, 0.5) is 0 Å². The summed E-state index contributed by atoms with van der Waals surface area (Å²) in [5.74, 6) is 3.61. The van der Waals surface area contributed by atoms with Crippen LogP contribution in [-0.4, -0.2) is 70.3 Å². The number of rotatable bonds is 7. The lowest BCUT2D eigenvalue weighted by Crippen LogP contribution is -2.47. The minimum Gasteiger partial charge on any atom is -0.469 e. The van der Waals surface area contributed by atoms with E-state index in [4.69, 9.17) is 9.73 Å². The molecular formula is C17H31IN6O2S. The fourth-order valence-corrected chi connectivity index (χ4v) is 3.35. The summed E-state index contributed by atoms with van der Waals surface area (Å²) in [7, 11) is 3.41. The van der Waals surface area contributed by atoms with Gasteiger partial charge >= 0.3 is 5.97 Å². The smallest absolute Gasteiger partial charge is 0.308 e. The molecule has 10 heteroatoms. The SMILES string of the molecule is COC(=O)C1CCN(C(=NCc2nnc(C)n2C)NCCCSC)CC1.I. The summed E-state index contributed by atoms with van der Waals surface area (Å²) in [6, 6.07) is 0. The van der Waals surface area contributed by atoms with Gasteiger partial charge in [0.05, 0.1) is 13.0 Å². The van der Waals surface area contributed by atoms with Crippen LogP contribution in [0.5, 0.6) is 0 Å². The Bertz CT molecular complexity index is 617. The van der Waals surface area contributed by atoms with Gasteiger partial charge < -0.3 is 19.5 Å². The second-order valence-corrected chi connectivity index (χ2v) is 7.41. The lowest BCUT2D eigenvalue weighted by atomic mass is 9.97. The van der Waals surface area contributed by atoms with E-state index in [0.29, 0.717) is 6.54 Å². The van der Waals surface area contributed by atoms with Gasteiger partial charge in [-0.15, -0.1) is 34.2 Å². The highest BCUT2D eigenvalue weighted by atomic mass is 127. The van der Waals surface area contributed by atoms with E-state index in [-0.39, 0.29) is 35.9 Å². The highest BCUT2D eigenvalue weighted by molar-refractivity contribution is 14.0. The molecule has 1 saturated heterocycles. The number of nitrogens with one attached hydrogen (secondary N) is 1. The number of nitrogens with zero attached hydrogens (tertiary/aromatic N) is 5. The van der Waals surface area contributed by atoms with E-state index in [1.807, 2.05) is 30.3 Å². The van der Waals surface area contributed by atoms with Gasteiger partial charge in [0, 0.05) is 26.7 Å². The average Bonchev–Trinajstić information content (AvgIpc) is 2.99. The summed E-state index contributed by atoms with van der Waals surface area (Å²) in [6.45, 7) is 4.89. The van der Waals surface area contributed by atoms with E-state index in [9.17, 15) is 4.79 Å². The van der Waals surface area contributed by atoms with Gasteiger partial charge in [-0.3, -0.25) is 4.79 Å². The van der Waals surface area contributed by atoms with Gasteiger partial charge in [-0.05, 0) is 38.2 Å². The molecule has 0 amide bonds. The van der Waals surface area contributed by atoms with Gasteiger partial charge in [0.15, 0.2) is 11.8 Å². The number of thioether (sulfide) groups is 1. The molecule has 1 aromatic rings. The molecule has 1 aliphatic heterocycles. The molecule has 8 nitrogen and oxygen atoms in total. The average molecular weight is 510 g/mol. The number of piperidine rings is 1. The number of aromatic nitrogens is 3. The second-order valence-electron chi connectivity index (χ2n) is 6.42. The third-order valence-electron chi connectivity index (χ3n) is 4.69. The molecule has 0 spiro atoms. The van der Waals surface area contributed by atoms with Crippen molar-refractivity contribution in [2.75, 3.05) is 38.8 Å². The van der Waals surface area contributed by atoms with Gasteiger partial charge in [0.2, 0.25) is 0 Å². The Morgan fingerprint density at radius 3 is 2.63 bits per heavy atom. The monoisotopic (exact) mass is 510 g/mol. The molecule has 2 heterocycles. The molecular weight excluding hydrogens is 479 g/mol. The summed E-state index contributed by atoms with van der Waals surface area (Å²) < 4.78 is 6.83. The van der Waals surface area contributed by atoms with Gasteiger partial charge in [0.25, 0.3) is 0 Å². The lowest BCUT2D eigenvalue weighted by Gasteiger charge is -2.33. The van der Waals surface area contributed by atoms with Crippen molar-refractivity contribution in [1.29, 1.82) is 0 Å². The van der Waals surface area contributed by atoms with Crippen LogP contribution >= 0.6 is 35.7 Å². The Labute approximate surface area is 182 Å². The molecule has 0 bridgehead atoms. The maximum Gasteiger partial charge on any atom is 0.308 e. The predicted octanol–water partition coefficient (Wildman–Crippen LogP) is 1.83. The van der Waals surface area contributed by atoms with E-state index in [1.54, 1.807) is 0 Å². The number of halogens is 1. The third kappa shape index (κ3) is 7.13. The van der Waals surface area contributed by atoms with Crippen LogP contribution in [0.15, 0.2) is 4.99 Å². The van der Waals surface area contributed by atoms with Crippen molar-refractivity contribution in [2.45, 2.75) is 32.7 Å². The van der Waals surface area contributed by atoms with Crippen LogP contribution in [0.1, 0.15) is 30.9 Å². The van der Waals surface area contributed by atoms with Crippen LogP contribution in [0.25, 0.3) is 0 Å². The molecule has 27 heavy (non-hydrogen) atoms. The van der Waals surface area contributed by atoms with Crippen LogP contribution in [-0.2, 0) is 23.1 Å². The minimum absolute atomic E-state index is 0. The van der Waals surface area contributed by atoms with Crippen molar-refractivity contribution in [3.63, 3.8) is 0 Å². The lowest BCUT2D eigenvalue weighted by molar-refractivity contribution is -0.146. The molecule has 1 fully saturated rings. The molecule has 2 rings (SSSR count). The first-order valence-electron chi connectivity index (χ1n) is 9.01. The van der Waals surface area contributed by atoms with Gasteiger partial charge in [-0.25, -0.2) is 4.99 Å². The Morgan fingerprint density at radius 2 is 2.07 bits per heavy atom. The molecule has 0 saturated carbocycles. The highest BCUT2D eigenvalue weighted by Gasteiger charge is 2.27. The molecule has 1 aliphatic rings. The number of methoxy groups -OCH3 is 1. The molecule has 0 atom stereocenters. The summed E-state index contributed by atoms with van der Waals surface area (Å²) >= 11 is 1.84. The number of esters is 1. The van der Waals surface area contributed by atoms with Crippen molar-refractivity contribution in [2.24, 2.45) is 18.0 Å². The van der Waals surface area contributed by atoms with E-state index < -0.39 is 0 Å². The summed E-state index contributed by atoms with van der Waals surface area (Å²) in [5.41, 5.74) is 0. The normalized spacial score (nSPS) is 15.4. The predicted molar refractivity (Wildman–Crippen MR) is 120 cm³/mol. The maximum atomic E-state index is 11.7. The van der Waals surface area contributed by atoms with Gasteiger partial charge in [-0.2, -0.15) is 11.8 Å². The Balaban J connectivity index is 0.00000364. The number of carbonyl (C=O) groups excluding carboxylic acids is 1. The van der Waals surface area contributed by atoms with Crippen LogP contribution in [0.3, 0.4) is 0 Å². The summed E-state index contributed by atoms with van der Waals surface area (Å²) in [5, 5.41) is 11.7. The zero-order chi connectivity index (χ0) is 18.9. The van der Waals surface area contributed by atoms with Crippen molar-refractivity contribution in [1.82, 2.24) is 25.0 Å². The van der Waals surface area contributed by atoms with E-state index in [1.165, 1.54) is 7.11 Å². The Morgan fingerprint density at radius 1 is 1.37 bits per heavy atom. The van der Waals surface area contributed by atoms with Crippen molar-refractivity contribution in [3.05, 3.63) is 11.6 Å². The zero-order valence-corrected chi connectivity index (χ0v) is 19.8. The molecule has 0 aromatic carbocycles. The fraction of sp³-hybridized carbons (Fsp3) is 0.765. The zero-order valence-electron chi connectivity index (χ0n) is 16.6. The number of carbonyl (C=O) groups is 1. The first-order chi connectivity index (χ1) is 12.6. The molecule has 0 aliphatic carbocycles. The quantitative estimate of drug-likeness (QED) is 0.197. The number of hydrogen-bond acceptors (Lipinski definition) is 6. The molecule has 1 aromatic heterocycles. The standard InChI is InChI=1S/C17H30N6O2S.HI/c1-13-20-21-15(22(13)2)12-19-17(18-8-5-11-26-4)23-9-6-14(7-10-23)16(24)25-3;/h14H,5-12H2,1-4H3,(H,18,19);1H. The van der Waals surface area contributed by atoms with Crippen molar-refractivity contribution < 1.29 is 9.53 Å². The van der Waals surface area contributed by atoms with Crippen LogP contribution in [0, 0.1) is 12.8 Å². The van der Waals surface area contributed by atoms with Crippen molar-refractivity contribution in [3.8, 4) is 0 Å². The maximum absolute atomic E-state index is 11.7. The largest absolute Gasteiger partial charge is 0.469 e. The van der Waals surface area contributed by atoms with E-state index >= 15 is 0 Å². The number of hydrogen-bond donors (Lipinski definition) is 1. The Kier molecular flexibility index (Phi) is 11.0. The van der Waals surface area contributed by atoms with E-state index in [0.717, 1.165) is 62.3 Å². The minimum atomic E-state index is -0.106. The number of guanidine groups is 1. The summed E-state index contributed by atoms with van der Waals surface area (Å²) in [4.78, 5) is 18.7. The topological polar surface area (TPSA) is 84.6 Å². The third-order valence-corrected chi connectivity index (χ3v) is 5.39. The number of aliphatic imine (C=N–C) groups is 1. The van der Waals surface area contributed by atoms with Crippen LogP contribution < -0.4 is 5.32 Å². The highest BCUT2D eigenvalue weighted by Crippen LogP contribution is 2.18.